The van der Waals surface area contributed by atoms with Crippen molar-refractivity contribution < 1.29 is 19.1 Å². The van der Waals surface area contributed by atoms with Crippen molar-refractivity contribution in [3.05, 3.63) is 12.2 Å². The van der Waals surface area contributed by atoms with Gasteiger partial charge in [0, 0.05) is 19.3 Å². The number of rotatable bonds is 25. The van der Waals surface area contributed by atoms with Crippen molar-refractivity contribution >= 4 is 11.9 Å². The minimum absolute atomic E-state index is 0.147. The maximum Gasteiger partial charge on any atom is 0.305 e. The smallest absolute Gasteiger partial charge is 0.305 e. The summed E-state index contributed by atoms with van der Waals surface area (Å²) < 4.78 is 10.4. The van der Waals surface area contributed by atoms with Crippen LogP contribution in [0.25, 0.3) is 0 Å². The van der Waals surface area contributed by atoms with E-state index in [4.69, 9.17) is 9.47 Å². The van der Waals surface area contributed by atoms with Crippen LogP contribution in [0.1, 0.15) is 149 Å². The molecule has 4 heteroatoms. The zero-order chi connectivity index (χ0) is 24.4. The summed E-state index contributed by atoms with van der Waals surface area (Å²) in [5, 5.41) is 0. The Labute approximate surface area is 205 Å². The Morgan fingerprint density at radius 3 is 1.27 bits per heavy atom. The molecule has 0 aromatic heterocycles. The summed E-state index contributed by atoms with van der Waals surface area (Å²) in [6.45, 7) is 8.90. The fourth-order valence-corrected chi connectivity index (χ4v) is 3.86. The molecule has 0 aromatic carbocycles. The minimum Gasteiger partial charge on any atom is -0.466 e. The van der Waals surface area contributed by atoms with E-state index < -0.39 is 0 Å². The van der Waals surface area contributed by atoms with Gasteiger partial charge in [-0.3, -0.25) is 9.59 Å². The summed E-state index contributed by atoms with van der Waals surface area (Å²) in [5.41, 5.74) is 1.01. The second-order valence-electron chi connectivity index (χ2n) is 9.66. The second-order valence-corrected chi connectivity index (χ2v) is 9.66. The maximum absolute atomic E-state index is 11.7. The number of hydrogen-bond donors (Lipinski definition) is 0. The summed E-state index contributed by atoms with van der Waals surface area (Å²) in [6.07, 6.45) is 24.2. The van der Waals surface area contributed by atoms with E-state index in [1.807, 2.05) is 6.92 Å². The lowest BCUT2D eigenvalue weighted by Gasteiger charge is -2.06. The monoisotopic (exact) mass is 466 g/mol. The number of ether oxygens (including phenoxy) is 2. The summed E-state index contributed by atoms with van der Waals surface area (Å²) >= 11 is 0. The Morgan fingerprint density at radius 2 is 0.879 bits per heavy atom. The standard InChI is InChI=1S/C29H54O4/c1-4-5-6-7-8-9-10-11-12-13-14-15-16-17-18-21-25-32-28(30)22-19-20-23-29(31)33-26-24-27(2)3/h2,4-26H2,1,3H3. The van der Waals surface area contributed by atoms with Gasteiger partial charge in [0.15, 0.2) is 0 Å². The fourth-order valence-electron chi connectivity index (χ4n) is 3.86. The summed E-state index contributed by atoms with van der Waals surface area (Å²) in [4.78, 5) is 23.3. The largest absolute Gasteiger partial charge is 0.466 e. The van der Waals surface area contributed by atoms with Gasteiger partial charge in [-0.05, 0) is 26.2 Å². The fraction of sp³-hybridized carbons (Fsp3) is 0.862. The molecule has 0 amide bonds. The van der Waals surface area contributed by atoms with Crippen LogP contribution in [0.15, 0.2) is 12.2 Å². The van der Waals surface area contributed by atoms with E-state index in [0.717, 1.165) is 18.4 Å². The number of hydrogen-bond acceptors (Lipinski definition) is 4. The zero-order valence-electron chi connectivity index (χ0n) is 22.1. The van der Waals surface area contributed by atoms with Gasteiger partial charge < -0.3 is 9.47 Å². The van der Waals surface area contributed by atoms with Crippen LogP contribution in [0, 0.1) is 0 Å². The van der Waals surface area contributed by atoms with Crippen LogP contribution in [0.3, 0.4) is 0 Å². The first-order valence-corrected chi connectivity index (χ1v) is 14.0. The zero-order valence-corrected chi connectivity index (χ0v) is 22.1. The van der Waals surface area contributed by atoms with Crippen LogP contribution in [-0.2, 0) is 19.1 Å². The Morgan fingerprint density at radius 1 is 0.515 bits per heavy atom. The molecule has 0 aliphatic carbocycles. The Kier molecular flexibility index (Phi) is 24.3. The third-order valence-corrected chi connectivity index (χ3v) is 6.06. The quantitative estimate of drug-likeness (QED) is 0.0765. The van der Waals surface area contributed by atoms with Crippen molar-refractivity contribution in [2.24, 2.45) is 0 Å². The third kappa shape index (κ3) is 26.8. The average molecular weight is 467 g/mol. The first kappa shape index (κ1) is 31.7. The highest BCUT2D eigenvalue weighted by Gasteiger charge is 2.06. The molecule has 0 rings (SSSR count). The van der Waals surface area contributed by atoms with Crippen LogP contribution in [0.5, 0.6) is 0 Å². The van der Waals surface area contributed by atoms with Gasteiger partial charge in [-0.2, -0.15) is 0 Å². The van der Waals surface area contributed by atoms with Gasteiger partial charge in [-0.25, -0.2) is 0 Å². The molecular weight excluding hydrogens is 412 g/mol. The summed E-state index contributed by atoms with van der Waals surface area (Å²) in [7, 11) is 0. The maximum atomic E-state index is 11.7. The molecule has 0 spiro atoms. The Bertz CT molecular complexity index is 472. The van der Waals surface area contributed by atoms with Gasteiger partial charge in [-0.1, -0.05) is 109 Å². The van der Waals surface area contributed by atoms with E-state index in [9.17, 15) is 9.59 Å². The minimum atomic E-state index is -0.196. The highest BCUT2D eigenvalue weighted by atomic mass is 16.5. The SMILES string of the molecule is C=C(C)CCOC(=O)CCCCC(=O)OCCCCCCCCCCCCCCCCCC. The number of carbonyl (C=O) groups is 2. The highest BCUT2D eigenvalue weighted by molar-refractivity contribution is 5.70. The second kappa shape index (κ2) is 25.3. The van der Waals surface area contributed by atoms with E-state index in [1.165, 1.54) is 89.9 Å². The molecule has 0 heterocycles. The molecule has 0 fully saturated rings. The molecule has 33 heavy (non-hydrogen) atoms. The van der Waals surface area contributed by atoms with E-state index >= 15 is 0 Å². The Balaban J connectivity index is 3.24. The van der Waals surface area contributed by atoms with Crippen molar-refractivity contribution in [3.8, 4) is 0 Å². The predicted molar refractivity (Wildman–Crippen MR) is 139 cm³/mol. The van der Waals surface area contributed by atoms with Gasteiger partial charge in [0.05, 0.1) is 13.2 Å². The number of carbonyl (C=O) groups excluding carboxylic acids is 2. The molecule has 0 aliphatic heterocycles. The number of esters is 2. The van der Waals surface area contributed by atoms with Crippen LogP contribution in [-0.4, -0.2) is 25.2 Å². The summed E-state index contributed by atoms with van der Waals surface area (Å²) in [5.74, 6) is -0.343. The van der Waals surface area contributed by atoms with Crippen molar-refractivity contribution in [1.29, 1.82) is 0 Å². The first-order chi connectivity index (χ1) is 16.1. The molecule has 0 unspecified atom stereocenters. The molecule has 194 valence electrons. The molecule has 4 nitrogen and oxygen atoms in total. The molecule has 0 atom stereocenters. The van der Waals surface area contributed by atoms with Crippen molar-refractivity contribution in [1.82, 2.24) is 0 Å². The Hall–Kier alpha value is -1.32. The van der Waals surface area contributed by atoms with Crippen LogP contribution in [0.2, 0.25) is 0 Å². The average Bonchev–Trinajstić information content (AvgIpc) is 2.78. The first-order valence-electron chi connectivity index (χ1n) is 14.0. The van der Waals surface area contributed by atoms with Crippen molar-refractivity contribution in [2.45, 2.75) is 149 Å². The molecule has 0 aromatic rings. The lowest BCUT2D eigenvalue weighted by atomic mass is 10.0. The van der Waals surface area contributed by atoms with E-state index in [1.54, 1.807) is 0 Å². The van der Waals surface area contributed by atoms with E-state index in [2.05, 4.69) is 13.5 Å². The molecule has 0 saturated carbocycles. The molecular formula is C29H54O4. The highest BCUT2D eigenvalue weighted by Crippen LogP contribution is 2.14. The van der Waals surface area contributed by atoms with Gasteiger partial charge in [-0.15, -0.1) is 6.58 Å². The summed E-state index contributed by atoms with van der Waals surface area (Å²) in [6, 6.07) is 0. The van der Waals surface area contributed by atoms with Crippen molar-refractivity contribution in [3.63, 3.8) is 0 Å². The van der Waals surface area contributed by atoms with Crippen LogP contribution < -0.4 is 0 Å². The van der Waals surface area contributed by atoms with Gasteiger partial charge in [0.25, 0.3) is 0 Å². The van der Waals surface area contributed by atoms with Gasteiger partial charge in [0.1, 0.15) is 0 Å². The third-order valence-electron chi connectivity index (χ3n) is 6.06. The molecule has 0 radical (unpaired) electrons. The lowest BCUT2D eigenvalue weighted by Crippen LogP contribution is -2.08. The lowest BCUT2D eigenvalue weighted by molar-refractivity contribution is -0.146. The normalized spacial score (nSPS) is 10.8. The molecule has 0 aliphatic rings. The molecule has 0 saturated heterocycles. The van der Waals surface area contributed by atoms with Crippen LogP contribution in [0.4, 0.5) is 0 Å². The molecule has 0 bridgehead atoms. The molecule has 0 N–H and O–H groups in total. The topological polar surface area (TPSA) is 52.6 Å². The van der Waals surface area contributed by atoms with Crippen LogP contribution >= 0.6 is 0 Å². The van der Waals surface area contributed by atoms with Crippen molar-refractivity contribution in [2.75, 3.05) is 13.2 Å². The van der Waals surface area contributed by atoms with Gasteiger partial charge >= 0.3 is 11.9 Å². The van der Waals surface area contributed by atoms with Gasteiger partial charge in [0.2, 0.25) is 0 Å². The van der Waals surface area contributed by atoms with E-state index in [0.29, 0.717) is 45.3 Å². The van der Waals surface area contributed by atoms with E-state index in [-0.39, 0.29) is 11.9 Å². The predicted octanol–water partition coefficient (Wildman–Crippen LogP) is 8.86. The number of unbranched alkanes of at least 4 members (excludes halogenated alkanes) is 16.